The van der Waals surface area contributed by atoms with Crippen molar-refractivity contribution in [3.63, 3.8) is 0 Å². The Labute approximate surface area is 375 Å². The molecule has 7 aromatic rings. The van der Waals surface area contributed by atoms with Gasteiger partial charge in [-0.1, -0.05) is 167 Å². The average Bonchev–Trinajstić information content (AvgIpc) is 3.24. The van der Waals surface area contributed by atoms with Crippen LogP contribution in [0.1, 0.15) is 116 Å². The van der Waals surface area contributed by atoms with Crippen LogP contribution in [-0.2, 0) is 0 Å². The first-order chi connectivity index (χ1) is 29.6. The van der Waals surface area contributed by atoms with Crippen LogP contribution in [0.15, 0.2) is 121 Å². The molecule has 0 nitrogen and oxygen atoms in total. The topological polar surface area (TPSA) is 0 Å². The highest BCUT2D eigenvalue weighted by Crippen LogP contribution is 2.44. The fourth-order valence-electron chi connectivity index (χ4n) is 10.7. The molecule has 0 spiro atoms. The predicted octanol–water partition coefficient (Wildman–Crippen LogP) is 16.2. The smallest absolute Gasteiger partial charge is 0.125 e. The minimum absolute atomic E-state index is 0.515. The lowest BCUT2D eigenvalue weighted by atomic mass is 9.88. The first-order valence-electron chi connectivity index (χ1n) is 22.8. The molecule has 0 aromatic heterocycles. The minimum Gasteiger partial charge on any atom is -0.125 e. The van der Waals surface area contributed by atoms with Crippen LogP contribution < -0.4 is 0 Å². The summed E-state index contributed by atoms with van der Waals surface area (Å²) >= 11 is 0. The maximum atomic E-state index is 4.16. The molecule has 0 aliphatic heterocycles. The van der Waals surface area contributed by atoms with Crippen molar-refractivity contribution in [2.24, 2.45) is 0 Å². The number of rotatable bonds is 6. The molecule has 7 rings (SSSR count). The molecule has 0 heterocycles. The molecule has 0 aliphatic carbocycles. The van der Waals surface area contributed by atoms with Gasteiger partial charge in [0.25, 0.3) is 0 Å². The second kappa shape index (κ2) is 18.3. The second-order valence-corrected chi connectivity index (χ2v) is 30.4. The second-order valence-electron chi connectivity index (χ2n) is 19.2. The molecule has 0 aliphatic rings. The Bertz CT molecular complexity index is 2790. The third-order valence-corrected chi connectivity index (χ3v) is 26.4. The molecule has 0 unspecified atom stereocenters. The van der Waals surface area contributed by atoms with Crippen LogP contribution in [0.25, 0.3) is 43.1 Å². The van der Waals surface area contributed by atoms with E-state index in [9.17, 15) is 0 Å². The van der Waals surface area contributed by atoms with E-state index >= 15 is 0 Å². The van der Waals surface area contributed by atoms with Crippen LogP contribution in [0.2, 0.25) is 33.2 Å². The first-order valence-corrected chi connectivity index (χ1v) is 27.2. The summed E-state index contributed by atoms with van der Waals surface area (Å²) in [6.45, 7) is 28.9. The lowest BCUT2D eigenvalue weighted by Gasteiger charge is -2.38. The summed E-state index contributed by atoms with van der Waals surface area (Å²) in [4.78, 5) is 0. The Hall–Kier alpha value is -5.75. The summed E-state index contributed by atoms with van der Waals surface area (Å²) in [6.07, 6.45) is 0. The van der Waals surface area contributed by atoms with Gasteiger partial charge in [0.15, 0.2) is 0 Å². The maximum Gasteiger partial charge on any atom is 0.146 e. The van der Waals surface area contributed by atoms with Gasteiger partial charge in [0.1, 0.15) is 16.1 Å². The number of benzene rings is 7. The molecule has 0 N–H and O–H groups in total. The Morgan fingerprint density at radius 1 is 0.290 bits per heavy atom. The molecule has 7 aromatic carbocycles. The molecule has 0 saturated carbocycles. The molecule has 0 fully saturated rings. The third kappa shape index (κ3) is 8.54. The van der Waals surface area contributed by atoms with Gasteiger partial charge in [-0.2, -0.15) is 0 Å². The van der Waals surface area contributed by atoms with Gasteiger partial charge in [-0.25, -0.2) is 0 Å². The van der Waals surface area contributed by atoms with E-state index in [1.165, 1.54) is 32.3 Å². The van der Waals surface area contributed by atoms with E-state index in [1.807, 2.05) is 36.4 Å². The SMILES string of the molecule is CC(C)[Si](C#Cc1c2cc3ccc(C#Cc4ccccc4)cc3cc2c(C#C[Si](C(C)C)(C(C)C)C(C)C)c2cc3ccc(C#Cc4ccccc4)cc3cc12)(C(C)C)C(C)C. The van der Waals surface area contributed by atoms with Gasteiger partial charge in [-0.05, 0) is 149 Å². The number of hydrogen-bond acceptors (Lipinski definition) is 0. The lowest BCUT2D eigenvalue weighted by molar-refractivity contribution is 0.838. The Kier molecular flexibility index (Phi) is 13.1. The Morgan fingerprint density at radius 2 is 0.581 bits per heavy atom. The number of fused-ring (bicyclic) bond motifs is 4. The standard InChI is InChI=1S/C60H62Si2/c1-41(2)61(42(3)4,43(5)6)33-31-55-57-37-51-29-27-50(26-24-48-21-17-14-18-22-48)36-54(51)40-60(57)56(32-34-62(44(7)8,45(9)10)46(11)12)58-38-52-30-28-49(35-53(52)39-59(55)58)25-23-47-19-15-13-16-20-47/h13-22,27-30,35-46H,1-12H3. The molecule has 0 saturated heterocycles. The molecular formula is C60H62Si2. The molecule has 0 radical (unpaired) electrons. The van der Waals surface area contributed by atoms with E-state index < -0.39 is 16.1 Å². The van der Waals surface area contributed by atoms with E-state index in [2.05, 4.69) is 215 Å². The summed E-state index contributed by atoms with van der Waals surface area (Å²) < 4.78 is 0. The van der Waals surface area contributed by atoms with Crippen molar-refractivity contribution in [2.45, 2.75) is 116 Å². The van der Waals surface area contributed by atoms with E-state index in [-0.39, 0.29) is 0 Å². The van der Waals surface area contributed by atoms with Crippen molar-refractivity contribution in [3.8, 4) is 46.6 Å². The zero-order valence-electron chi connectivity index (χ0n) is 39.0. The van der Waals surface area contributed by atoms with Crippen molar-refractivity contribution in [1.82, 2.24) is 0 Å². The van der Waals surface area contributed by atoms with Crippen LogP contribution in [0.3, 0.4) is 0 Å². The third-order valence-electron chi connectivity index (χ3n) is 13.8. The summed E-state index contributed by atoms with van der Waals surface area (Å²) in [6, 6.07) is 43.3. The molecule has 0 atom stereocenters. The van der Waals surface area contributed by atoms with Crippen LogP contribution in [0, 0.1) is 46.6 Å². The van der Waals surface area contributed by atoms with E-state index in [0.717, 1.165) is 44.2 Å². The van der Waals surface area contributed by atoms with Crippen molar-refractivity contribution in [2.75, 3.05) is 0 Å². The molecule has 0 amide bonds. The predicted molar refractivity (Wildman–Crippen MR) is 277 cm³/mol. The molecule has 62 heavy (non-hydrogen) atoms. The zero-order valence-corrected chi connectivity index (χ0v) is 41.0. The van der Waals surface area contributed by atoms with Gasteiger partial charge in [0.2, 0.25) is 0 Å². The summed E-state index contributed by atoms with van der Waals surface area (Å²) in [5, 5.41) is 9.38. The fourth-order valence-corrected chi connectivity index (χ4v) is 21.1. The summed E-state index contributed by atoms with van der Waals surface area (Å²) in [5.41, 5.74) is 17.6. The van der Waals surface area contributed by atoms with Gasteiger partial charge in [-0.3, -0.25) is 0 Å². The van der Waals surface area contributed by atoms with Crippen LogP contribution in [0.4, 0.5) is 0 Å². The van der Waals surface area contributed by atoms with E-state index in [4.69, 9.17) is 0 Å². The highest BCUT2D eigenvalue weighted by Gasteiger charge is 2.43. The van der Waals surface area contributed by atoms with E-state index in [0.29, 0.717) is 33.2 Å². The molecule has 310 valence electrons. The fraction of sp³-hybridized carbons (Fsp3) is 0.300. The Morgan fingerprint density at radius 3 is 0.887 bits per heavy atom. The largest absolute Gasteiger partial charge is 0.146 e. The molecule has 0 bridgehead atoms. The molecule has 2 heteroatoms. The van der Waals surface area contributed by atoms with Gasteiger partial charge in [-0.15, -0.1) is 11.1 Å². The normalized spacial score (nSPS) is 11.9. The highest BCUT2D eigenvalue weighted by atomic mass is 28.3. The highest BCUT2D eigenvalue weighted by molar-refractivity contribution is 6.91. The first kappa shape index (κ1) is 44.3. The lowest BCUT2D eigenvalue weighted by Crippen LogP contribution is -2.43. The minimum atomic E-state index is -2.10. The monoisotopic (exact) mass is 838 g/mol. The van der Waals surface area contributed by atoms with Crippen molar-refractivity contribution in [1.29, 1.82) is 0 Å². The van der Waals surface area contributed by atoms with Gasteiger partial charge < -0.3 is 0 Å². The van der Waals surface area contributed by atoms with Crippen molar-refractivity contribution >= 4 is 59.2 Å². The quantitative estimate of drug-likeness (QED) is 0.0889. The van der Waals surface area contributed by atoms with Crippen LogP contribution >= 0.6 is 0 Å². The zero-order chi connectivity index (χ0) is 44.3. The summed E-state index contributed by atoms with van der Waals surface area (Å²) in [5.74, 6) is 21.7. The van der Waals surface area contributed by atoms with Crippen LogP contribution in [-0.4, -0.2) is 16.1 Å². The van der Waals surface area contributed by atoms with Gasteiger partial charge >= 0.3 is 0 Å². The summed E-state index contributed by atoms with van der Waals surface area (Å²) in [7, 11) is -4.20. The van der Waals surface area contributed by atoms with Gasteiger partial charge in [0.05, 0.1) is 0 Å². The van der Waals surface area contributed by atoms with Gasteiger partial charge in [0, 0.05) is 33.4 Å². The van der Waals surface area contributed by atoms with E-state index in [1.54, 1.807) is 0 Å². The average molecular weight is 839 g/mol. The Balaban J connectivity index is 1.62. The maximum absolute atomic E-state index is 4.16. The molecular weight excluding hydrogens is 777 g/mol. The van der Waals surface area contributed by atoms with Crippen molar-refractivity contribution < 1.29 is 0 Å². The van der Waals surface area contributed by atoms with Crippen molar-refractivity contribution in [3.05, 3.63) is 155 Å². The number of hydrogen-bond donors (Lipinski definition) is 0. The van der Waals surface area contributed by atoms with Crippen LogP contribution in [0.5, 0.6) is 0 Å².